The minimum absolute atomic E-state index is 0.108. The van der Waals surface area contributed by atoms with Gasteiger partial charge in [0, 0.05) is 55.5 Å². The Hall–Kier alpha value is -4.03. The third kappa shape index (κ3) is 7.26. The highest BCUT2D eigenvalue weighted by Crippen LogP contribution is 2.32. The number of rotatable bonds is 7. The van der Waals surface area contributed by atoms with Crippen molar-refractivity contribution < 1.29 is 27.9 Å². The Morgan fingerprint density at radius 1 is 1.03 bits per heavy atom. The van der Waals surface area contributed by atoms with Gasteiger partial charge in [0.15, 0.2) is 0 Å². The van der Waals surface area contributed by atoms with Crippen LogP contribution < -0.4 is 10.2 Å². The van der Waals surface area contributed by atoms with Crippen molar-refractivity contribution in [2.75, 3.05) is 18.0 Å². The highest BCUT2D eigenvalue weighted by atomic mass is 19.4. The zero-order valence-electron chi connectivity index (χ0n) is 20.8. The number of carboxylic acid groups (broad SMARTS) is 1. The van der Waals surface area contributed by atoms with E-state index in [0.29, 0.717) is 18.2 Å². The summed E-state index contributed by atoms with van der Waals surface area (Å²) >= 11 is 0. The summed E-state index contributed by atoms with van der Waals surface area (Å²) in [6, 6.07) is 1.94. The average Bonchev–Trinajstić information content (AvgIpc) is 3.35. The van der Waals surface area contributed by atoms with Gasteiger partial charge in [0.25, 0.3) is 5.91 Å². The van der Waals surface area contributed by atoms with Crippen molar-refractivity contribution in [3.63, 3.8) is 0 Å². The molecule has 3 aromatic heterocycles. The summed E-state index contributed by atoms with van der Waals surface area (Å²) in [5, 5.41) is 10.1. The zero-order valence-corrected chi connectivity index (χ0v) is 20.8. The number of halogens is 3. The Kier molecular flexibility index (Phi) is 8.23. The van der Waals surface area contributed by atoms with E-state index in [-0.39, 0.29) is 5.91 Å². The Balaban J connectivity index is 0.000000426. The van der Waals surface area contributed by atoms with Crippen LogP contribution in [0.5, 0.6) is 0 Å². The number of amides is 1. The summed E-state index contributed by atoms with van der Waals surface area (Å²) in [6.45, 7) is 5.14. The van der Waals surface area contributed by atoms with Crippen molar-refractivity contribution in [3.05, 3.63) is 54.1 Å². The molecule has 10 nitrogen and oxygen atoms in total. The fourth-order valence-corrected chi connectivity index (χ4v) is 3.91. The predicted octanol–water partition coefficient (Wildman–Crippen LogP) is 3.62. The topological polar surface area (TPSA) is 126 Å². The van der Waals surface area contributed by atoms with Gasteiger partial charge >= 0.3 is 12.1 Å². The Morgan fingerprint density at radius 2 is 1.68 bits per heavy atom. The van der Waals surface area contributed by atoms with Gasteiger partial charge in [0.2, 0.25) is 5.95 Å². The molecular weight excluding hydrogens is 503 g/mol. The molecule has 0 unspecified atom stereocenters. The second-order valence-electron chi connectivity index (χ2n) is 9.31. The number of aromatic nitrogens is 5. The zero-order chi connectivity index (χ0) is 27.3. The molecule has 38 heavy (non-hydrogen) atoms. The van der Waals surface area contributed by atoms with Crippen LogP contribution in [0.25, 0.3) is 11.1 Å². The number of carboxylic acids is 1. The van der Waals surface area contributed by atoms with Crippen molar-refractivity contribution in [3.8, 4) is 11.1 Å². The van der Waals surface area contributed by atoms with Gasteiger partial charge in [-0.1, -0.05) is 0 Å². The molecule has 0 aromatic carbocycles. The number of carbonyl (C=O) groups is 2. The second kappa shape index (κ2) is 11.6. The molecule has 0 bridgehead atoms. The maximum atomic E-state index is 13.0. The van der Waals surface area contributed by atoms with Crippen LogP contribution in [0.2, 0.25) is 0 Å². The van der Waals surface area contributed by atoms with Gasteiger partial charge in [0.1, 0.15) is 5.69 Å². The lowest BCUT2D eigenvalue weighted by Gasteiger charge is -2.14. The highest BCUT2D eigenvalue weighted by molar-refractivity contribution is 5.94. The normalized spacial score (nSPS) is 15.1. The van der Waals surface area contributed by atoms with Crippen LogP contribution in [-0.4, -0.2) is 60.8 Å². The molecule has 4 heterocycles. The Bertz CT molecular complexity index is 1250. The van der Waals surface area contributed by atoms with Gasteiger partial charge in [-0.25, -0.2) is 14.8 Å². The number of nitrogens with one attached hydrogen (secondary N) is 1. The first kappa shape index (κ1) is 27.0. The van der Waals surface area contributed by atoms with Gasteiger partial charge < -0.3 is 19.9 Å². The van der Waals surface area contributed by atoms with E-state index < -0.39 is 12.1 Å². The van der Waals surface area contributed by atoms with E-state index in [4.69, 9.17) is 9.90 Å². The van der Waals surface area contributed by atoms with E-state index in [9.17, 15) is 18.0 Å². The molecule has 2 fully saturated rings. The molecule has 0 spiro atoms. The van der Waals surface area contributed by atoms with E-state index in [1.165, 1.54) is 25.7 Å². The largest absolute Gasteiger partial charge is 0.490 e. The number of carbonyl (C=O) groups excluding carboxylic acids is 1. The molecule has 0 radical (unpaired) electrons. The van der Waals surface area contributed by atoms with Crippen LogP contribution in [0.4, 0.5) is 19.1 Å². The summed E-state index contributed by atoms with van der Waals surface area (Å²) in [6.07, 6.45) is 8.94. The van der Waals surface area contributed by atoms with Crippen LogP contribution in [-0.2, 0) is 17.9 Å². The maximum absolute atomic E-state index is 13.0. The third-order valence-corrected chi connectivity index (χ3v) is 6.15. The van der Waals surface area contributed by atoms with Gasteiger partial charge in [-0.05, 0) is 44.6 Å². The molecule has 2 N–H and O–H groups in total. The first-order chi connectivity index (χ1) is 18.1. The van der Waals surface area contributed by atoms with Crippen molar-refractivity contribution in [2.24, 2.45) is 5.92 Å². The quantitative estimate of drug-likeness (QED) is 0.474. The average molecular weight is 532 g/mol. The van der Waals surface area contributed by atoms with E-state index in [0.717, 1.165) is 48.1 Å². The monoisotopic (exact) mass is 531 g/mol. The molecule has 0 atom stereocenters. The highest BCUT2D eigenvalue weighted by Gasteiger charge is 2.38. The molecule has 3 aromatic rings. The number of hydrogen-bond acceptors (Lipinski definition) is 7. The lowest BCUT2D eigenvalue weighted by Crippen LogP contribution is -2.26. The van der Waals surface area contributed by atoms with Crippen molar-refractivity contribution in [1.29, 1.82) is 0 Å². The van der Waals surface area contributed by atoms with E-state index in [2.05, 4.69) is 34.7 Å². The van der Waals surface area contributed by atoms with Crippen LogP contribution in [0, 0.1) is 12.8 Å². The minimum Gasteiger partial charge on any atom is -0.475 e. The van der Waals surface area contributed by atoms with Gasteiger partial charge in [-0.15, -0.1) is 0 Å². The van der Waals surface area contributed by atoms with Crippen LogP contribution in [0.1, 0.15) is 47.6 Å². The van der Waals surface area contributed by atoms with Gasteiger partial charge in [-0.2, -0.15) is 13.2 Å². The molecule has 1 aliphatic carbocycles. The number of aryl methyl sites for hydroxylation is 1. The van der Waals surface area contributed by atoms with E-state index >= 15 is 0 Å². The molecular formula is C25H28F3N7O3. The SMILES string of the molecule is Cc1cnc(CNC(=O)c2cc(-c3cnc(N4CCCC4)nc3)cn2CC2CC2)cn1.O=C(O)C(F)(F)F. The van der Waals surface area contributed by atoms with Crippen LogP contribution in [0.3, 0.4) is 0 Å². The van der Waals surface area contributed by atoms with Crippen molar-refractivity contribution >= 4 is 17.8 Å². The van der Waals surface area contributed by atoms with Gasteiger partial charge in [0.05, 0.1) is 24.1 Å². The van der Waals surface area contributed by atoms with E-state index in [1.807, 2.05) is 31.6 Å². The molecule has 13 heteroatoms. The summed E-state index contributed by atoms with van der Waals surface area (Å²) in [5.41, 5.74) is 4.15. The second-order valence-corrected chi connectivity index (χ2v) is 9.31. The third-order valence-electron chi connectivity index (χ3n) is 6.15. The molecule has 202 valence electrons. The fraction of sp³-hybridized carbons (Fsp3) is 0.440. The number of anilines is 1. The molecule has 1 amide bonds. The predicted molar refractivity (Wildman–Crippen MR) is 131 cm³/mol. The van der Waals surface area contributed by atoms with Crippen molar-refractivity contribution in [1.82, 2.24) is 29.8 Å². The van der Waals surface area contributed by atoms with Crippen LogP contribution in [0.15, 0.2) is 37.1 Å². The first-order valence-corrected chi connectivity index (χ1v) is 12.2. The number of nitrogens with zero attached hydrogens (tertiary/aromatic N) is 6. The van der Waals surface area contributed by atoms with Crippen molar-refractivity contribution in [2.45, 2.75) is 51.9 Å². The lowest BCUT2D eigenvalue weighted by atomic mass is 10.2. The summed E-state index contributed by atoms with van der Waals surface area (Å²) in [7, 11) is 0. The number of hydrogen-bond donors (Lipinski definition) is 2. The number of alkyl halides is 3. The Labute approximate surface area is 217 Å². The molecule has 1 aliphatic heterocycles. The Morgan fingerprint density at radius 3 is 2.24 bits per heavy atom. The lowest BCUT2D eigenvalue weighted by molar-refractivity contribution is -0.192. The standard InChI is InChI=1S/C23H27N7O.C2HF3O2/c1-16-9-25-20(12-24-16)13-26-22(31)21-8-18(15-30(21)14-17-4-5-17)19-10-27-23(28-11-19)29-6-2-3-7-29;3-2(4,5)1(6)7/h8-12,15,17H,2-7,13-14H2,1H3,(H,26,31);(H,6,7). The molecule has 1 saturated carbocycles. The smallest absolute Gasteiger partial charge is 0.475 e. The summed E-state index contributed by atoms with van der Waals surface area (Å²) in [4.78, 5) is 41.8. The molecule has 2 aliphatic rings. The van der Waals surface area contributed by atoms with E-state index in [1.54, 1.807) is 12.4 Å². The molecule has 1 saturated heterocycles. The maximum Gasteiger partial charge on any atom is 0.490 e. The first-order valence-electron chi connectivity index (χ1n) is 12.2. The van der Waals surface area contributed by atoms with Crippen LogP contribution >= 0.6 is 0 Å². The van der Waals surface area contributed by atoms with Gasteiger partial charge in [-0.3, -0.25) is 14.8 Å². The minimum atomic E-state index is -5.08. The number of aliphatic carboxylic acids is 1. The summed E-state index contributed by atoms with van der Waals surface area (Å²) in [5.74, 6) is -1.42. The molecule has 5 rings (SSSR count). The summed E-state index contributed by atoms with van der Waals surface area (Å²) < 4.78 is 33.8. The fourth-order valence-electron chi connectivity index (χ4n) is 3.91.